The third-order valence-electron chi connectivity index (χ3n) is 4.71. The van der Waals surface area contributed by atoms with Gasteiger partial charge in [0.2, 0.25) is 11.8 Å². The number of nitrogens with zero attached hydrogens (tertiary/aromatic N) is 1. The maximum absolute atomic E-state index is 12.6. The lowest BCUT2D eigenvalue weighted by Crippen LogP contribution is -2.64. The van der Waals surface area contributed by atoms with Gasteiger partial charge in [-0.1, -0.05) is 34.6 Å². The summed E-state index contributed by atoms with van der Waals surface area (Å²) in [5.41, 5.74) is 0.333. The van der Waals surface area contributed by atoms with E-state index in [9.17, 15) is 9.59 Å². The highest BCUT2D eigenvalue weighted by Gasteiger charge is 2.50. The van der Waals surface area contributed by atoms with Gasteiger partial charge in [0.05, 0.1) is 0 Å². The van der Waals surface area contributed by atoms with Crippen molar-refractivity contribution in [1.29, 1.82) is 0 Å². The van der Waals surface area contributed by atoms with E-state index in [1.807, 2.05) is 25.7 Å². The van der Waals surface area contributed by atoms with Gasteiger partial charge in [0.15, 0.2) is 0 Å². The highest BCUT2D eigenvalue weighted by Crippen LogP contribution is 2.52. The molecule has 4 nitrogen and oxygen atoms in total. The second-order valence-corrected chi connectivity index (χ2v) is 7.03. The molecule has 2 rings (SSSR count). The average molecular weight is 266 g/mol. The number of piperazine rings is 1. The van der Waals surface area contributed by atoms with Crippen molar-refractivity contribution in [2.45, 2.75) is 59.5 Å². The molecular weight excluding hydrogens is 240 g/mol. The fourth-order valence-electron chi connectivity index (χ4n) is 2.99. The van der Waals surface area contributed by atoms with E-state index >= 15 is 0 Å². The number of rotatable bonds is 4. The first-order valence-electron chi connectivity index (χ1n) is 7.38. The van der Waals surface area contributed by atoms with E-state index in [1.165, 1.54) is 0 Å². The molecule has 1 heterocycles. The average Bonchev–Trinajstić information content (AvgIpc) is 2.91. The minimum atomic E-state index is -0.350. The Balaban J connectivity index is 2.15. The molecule has 1 saturated heterocycles. The van der Waals surface area contributed by atoms with Gasteiger partial charge in [-0.25, -0.2) is 0 Å². The molecule has 2 fully saturated rings. The highest BCUT2D eigenvalue weighted by molar-refractivity contribution is 5.97. The second kappa shape index (κ2) is 4.80. The summed E-state index contributed by atoms with van der Waals surface area (Å²) in [5, 5.41) is 2.88. The number of hydrogen-bond acceptors (Lipinski definition) is 2. The van der Waals surface area contributed by atoms with E-state index in [4.69, 9.17) is 0 Å². The summed E-state index contributed by atoms with van der Waals surface area (Å²) in [5.74, 6) is 0.802. The van der Waals surface area contributed by atoms with Crippen LogP contribution in [-0.2, 0) is 9.59 Å². The van der Waals surface area contributed by atoms with Crippen LogP contribution in [-0.4, -0.2) is 35.3 Å². The van der Waals surface area contributed by atoms with Gasteiger partial charge in [0.1, 0.15) is 12.1 Å². The molecule has 0 aromatic carbocycles. The van der Waals surface area contributed by atoms with Gasteiger partial charge in [0.25, 0.3) is 0 Å². The largest absolute Gasteiger partial charge is 0.342 e. The van der Waals surface area contributed by atoms with E-state index in [-0.39, 0.29) is 29.8 Å². The molecule has 0 bridgehead atoms. The molecule has 3 unspecified atom stereocenters. The molecule has 4 heteroatoms. The van der Waals surface area contributed by atoms with E-state index in [0.29, 0.717) is 17.8 Å². The molecule has 108 valence electrons. The van der Waals surface area contributed by atoms with E-state index in [2.05, 4.69) is 19.2 Å². The Morgan fingerprint density at radius 1 is 1.37 bits per heavy atom. The molecule has 2 amide bonds. The van der Waals surface area contributed by atoms with Crippen LogP contribution in [0.1, 0.15) is 47.5 Å². The van der Waals surface area contributed by atoms with Crippen molar-refractivity contribution in [3.05, 3.63) is 0 Å². The molecule has 0 spiro atoms. The first kappa shape index (κ1) is 14.4. The van der Waals surface area contributed by atoms with Crippen LogP contribution in [0.15, 0.2) is 0 Å². The molecule has 0 aromatic heterocycles. The van der Waals surface area contributed by atoms with Gasteiger partial charge in [-0.15, -0.1) is 0 Å². The summed E-state index contributed by atoms with van der Waals surface area (Å²) in [6.45, 7) is 11.1. The Morgan fingerprint density at radius 2 is 1.95 bits per heavy atom. The Kier molecular flexibility index (Phi) is 3.63. The minimum absolute atomic E-state index is 0.0132. The van der Waals surface area contributed by atoms with Crippen molar-refractivity contribution < 1.29 is 9.59 Å². The number of carbonyl (C=O) groups excluding carboxylic acids is 2. The van der Waals surface area contributed by atoms with Gasteiger partial charge < -0.3 is 10.2 Å². The molecule has 2 aliphatic rings. The van der Waals surface area contributed by atoms with Crippen LogP contribution in [0.2, 0.25) is 0 Å². The van der Waals surface area contributed by atoms with Gasteiger partial charge in [-0.2, -0.15) is 0 Å². The van der Waals surface area contributed by atoms with Crippen molar-refractivity contribution in [3.63, 3.8) is 0 Å². The lowest BCUT2D eigenvalue weighted by molar-refractivity contribution is -0.151. The highest BCUT2D eigenvalue weighted by atomic mass is 16.2. The van der Waals surface area contributed by atoms with Crippen LogP contribution >= 0.6 is 0 Å². The van der Waals surface area contributed by atoms with Crippen LogP contribution in [0.25, 0.3) is 0 Å². The summed E-state index contributed by atoms with van der Waals surface area (Å²) in [6.07, 6.45) is 1.84. The first-order valence-corrected chi connectivity index (χ1v) is 7.38. The standard InChI is InChI=1S/C15H26N2O2/c1-6-11-13(18)16-12(9(2)3)14(19)17(11)8-10-7-15(10,4)5/h9-12H,6-8H2,1-5H3,(H,16,18). The van der Waals surface area contributed by atoms with Gasteiger partial charge >= 0.3 is 0 Å². The maximum atomic E-state index is 12.6. The van der Waals surface area contributed by atoms with Crippen molar-refractivity contribution >= 4 is 11.8 Å². The molecule has 3 atom stereocenters. The van der Waals surface area contributed by atoms with Crippen LogP contribution in [0.3, 0.4) is 0 Å². The van der Waals surface area contributed by atoms with E-state index < -0.39 is 0 Å². The third-order valence-corrected chi connectivity index (χ3v) is 4.71. The zero-order valence-corrected chi connectivity index (χ0v) is 12.7. The minimum Gasteiger partial charge on any atom is -0.342 e. The molecule has 1 aliphatic heterocycles. The molecule has 19 heavy (non-hydrogen) atoms. The maximum Gasteiger partial charge on any atom is 0.246 e. The summed E-state index contributed by atoms with van der Waals surface area (Å²) < 4.78 is 0. The predicted molar refractivity (Wildman–Crippen MR) is 74.4 cm³/mol. The van der Waals surface area contributed by atoms with Gasteiger partial charge in [-0.3, -0.25) is 9.59 Å². The van der Waals surface area contributed by atoms with Crippen LogP contribution in [0.5, 0.6) is 0 Å². The lowest BCUT2D eigenvalue weighted by atomic mass is 9.96. The third kappa shape index (κ3) is 2.63. The molecule has 1 saturated carbocycles. The SMILES string of the molecule is CCC1C(=O)NC(C(C)C)C(=O)N1CC1CC1(C)C. The molecular formula is C15H26N2O2. The predicted octanol–water partition coefficient (Wildman–Crippen LogP) is 1.79. The van der Waals surface area contributed by atoms with E-state index in [1.54, 1.807) is 0 Å². The summed E-state index contributed by atoms with van der Waals surface area (Å²) >= 11 is 0. The molecule has 0 radical (unpaired) electrons. The van der Waals surface area contributed by atoms with Gasteiger partial charge in [-0.05, 0) is 30.1 Å². The monoisotopic (exact) mass is 266 g/mol. The summed E-state index contributed by atoms with van der Waals surface area (Å²) in [6, 6.07) is -0.629. The van der Waals surface area contributed by atoms with Crippen molar-refractivity contribution in [2.75, 3.05) is 6.54 Å². The quantitative estimate of drug-likeness (QED) is 0.843. The van der Waals surface area contributed by atoms with Crippen LogP contribution < -0.4 is 5.32 Å². The van der Waals surface area contributed by atoms with Crippen LogP contribution in [0.4, 0.5) is 0 Å². The summed E-state index contributed by atoms with van der Waals surface area (Å²) in [7, 11) is 0. The first-order chi connectivity index (χ1) is 8.77. The fourth-order valence-corrected chi connectivity index (χ4v) is 2.99. The molecule has 1 N–H and O–H groups in total. The van der Waals surface area contributed by atoms with Crippen LogP contribution in [0, 0.1) is 17.3 Å². The van der Waals surface area contributed by atoms with Crippen molar-refractivity contribution in [3.8, 4) is 0 Å². The Hall–Kier alpha value is -1.06. The zero-order valence-electron chi connectivity index (χ0n) is 12.7. The lowest BCUT2D eigenvalue weighted by Gasteiger charge is -2.40. The number of nitrogens with one attached hydrogen (secondary N) is 1. The molecule has 1 aliphatic carbocycles. The van der Waals surface area contributed by atoms with Crippen molar-refractivity contribution in [2.24, 2.45) is 17.3 Å². The van der Waals surface area contributed by atoms with Gasteiger partial charge in [0, 0.05) is 6.54 Å². The Labute approximate surface area is 115 Å². The Morgan fingerprint density at radius 3 is 2.37 bits per heavy atom. The normalized spacial score (nSPS) is 33.6. The van der Waals surface area contributed by atoms with E-state index in [0.717, 1.165) is 13.0 Å². The number of carbonyl (C=O) groups is 2. The fraction of sp³-hybridized carbons (Fsp3) is 0.867. The second-order valence-electron chi connectivity index (χ2n) is 7.03. The number of amides is 2. The number of hydrogen-bond donors (Lipinski definition) is 1. The van der Waals surface area contributed by atoms with Crippen molar-refractivity contribution in [1.82, 2.24) is 10.2 Å². The Bertz CT molecular complexity index is 390. The molecule has 0 aromatic rings. The smallest absolute Gasteiger partial charge is 0.246 e. The topological polar surface area (TPSA) is 49.4 Å². The summed E-state index contributed by atoms with van der Waals surface area (Å²) in [4.78, 5) is 26.6. The zero-order chi connectivity index (χ0) is 14.4.